The number of hydrogen-bond acceptors (Lipinski definition) is 6. The molecule has 3 aromatic rings. The molecule has 0 saturated carbocycles. The third kappa shape index (κ3) is 7.26. The topological polar surface area (TPSA) is 106 Å². The van der Waals surface area contributed by atoms with Crippen molar-refractivity contribution in [1.29, 1.82) is 0 Å². The number of aromatic nitrogens is 3. The van der Waals surface area contributed by atoms with Gasteiger partial charge in [0, 0.05) is 25.6 Å². The summed E-state index contributed by atoms with van der Waals surface area (Å²) in [7, 11) is 0. The molecule has 9 heteroatoms. The van der Waals surface area contributed by atoms with Crippen LogP contribution in [0.5, 0.6) is 0 Å². The molecule has 0 spiro atoms. The number of carbonyl (C=O) groups is 3. The molecule has 0 aliphatic carbocycles. The maximum Gasteiger partial charge on any atom is 0.248 e. The van der Waals surface area contributed by atoms with Gasteiger partial charge in [-0.1, -0.05) is 36.3 Å². The predicted octanol–water partition coefficient (Wildman–Crippen LogP) is 3.85. The number of ketones is 1. The molecule has 0 bridgehead atoms. The van der Waals surface area contributed by atoms with Crippen molar-refractivity contribution in [2.75, 3.05) is 5.32 Å². The first-order valence-corrected chi connectivity index (χ1v) is 11.7. The van der Waals surface area contributed by atoms with Crippen LogP contribution < -0.4 is 10.6 Å². The fourth-order valence-corrected chi connectivity index (χ4v) is 4.23. The van der Waals surface area contributed by atoms with Gasteiger partial charge in [0.2, 0.25) is 11.8 Å². The minimum Gasteiger partial charge on any atom is -0.344 e. The van der Waals surface area contributed by atoms with E-state index in [0.29, 0.717) is 24.5 Å². The zero-order chi connectivity index (χ0) is 22.9. The van der Waals surface area contributed by atoms with Gasteiger partial charge in [-0.2, -0.15) is 5.10 Å². The molecule has 0 fully saturated rings. The lowest BCUT2D eigenvalue weighted by molar-refractivity contribution is -0.126. The fourth-order valence-electron chi connectivity index (χ4n) is 3.36. The van der Waals surface area contributed by atoms with E-state index in [2.05, 4.69) is 20.7 Å². The molecule has 170 valence electrons. The Morgan fingerprint density at radius 3 is 2.62 bits per heavy atom. The van der Waals surface area contributed by atoms with Gasteiger partial charge in [0.1, 0.15) is 11.8 Å². The molecule has 1 atom stereocenters. The number of para-hydroxylation sites is 1. The van der Waals surface area contributed by atoms with Crippen molar-refractivity contribution in [3.63, 3.8) is 0 Å². The van der Waals surface area contributed by atoms with E-state index < -0.39 is 6.04 Å². The van der Waals surface area contributed by atoms with Gasteiger partial charge in [-0.3, -0.25) is 14.3 Å². The number of nitrogens with zero attached hydrogens (tertiary/aromatic N) is 3. The van der Waals surface area contributed by atoms with E-state index in [9.17, 15) is 14.4 Å². The Bertz CT molecular complexity index is 1040. The van der Waals surface area contributed by atoms with Crippen LogP contribution in [-0.4, -0.2) is 38.4 Å². The lowest BCUT2D eigenvalue weighted by Crippen LogP contribution is -2.44. The molecular formula is C23H29N5O3S. The maximum absolute atomic E-state index is 12.9. The summed E-state index contributed by atoms with van der Waals surface area (Å²) < 4.78 is 2.70. The van der Waals surface area contributed by atoms with Crippen LogP contribution in [0.25, 0.3) is 10.2 Å². The number of benzene rings is 1. The van der Waals surface area contributed by atoms with Crippen LogP contribution in [0, 0.1) is 6.92 Å². The maximum atomic E-state index is 12.9. The molecule has 0 aliphatic rings. The van der Waals surface area contributed by atoms with Gasteiger partial charge in [0.15, 0.2) is 5.13 Å². The number of unbranched alkanes of at least 4 members (excludes halogenated alkanes) is 2. The first-order chi connectivity index (χ1) is 15.4. The normalized spacial score (nSPS) is 11.9. The third-order valence-electron chi connectivity index (χ3n) is 5.04. The largest absolute Gasteiger partial charge is 0.344 e. The highest BCUT2D eigenvalue weighted by molar-refractivity contribution is 7.22. The van der Waals surface area contributed by atoms with E-state index in [-0.39, 0.29) is 24.0 Å². The number of Topliss-reactive ketones (excluding diaryl/α,β-unsaturated/α-hetero) is 1. The summed E-state index contributed by atoms with van der Waals surface area (Å²) in [5.74, 6) is -0.317. The molecule has 0 unspecified atom stereocenters. The van der Waals surface area contributed by atoms with Crippen LogP contribution in [0.2, 0.25) is 0 Å². The van der Waals surface area contributed by atoms with E-state index in [1.54, 1.807) is 11.6 Å². The first kappa shape index (κ1) is 23.6. The average molecular weight is 456 g/mol. The monoisotopic (exact) mass is 455 g/mol. The molecule has 3 rings (SSSR count). The molecule has 0 saturated heterocycles. The fraction of sp³-hybridized carbons (Fsp3) is 0.435. The van der Waals surface area contributed by atoms with Crippen molar-refractivity contribution in [3.05, 3.63) is 42.2 Å². The van der Waals surface area contributed by atoms with Gasteiger partial charge >= 0.3 is 0 Å². The molecular weight excluding hydrogens is 426 g/mol. The number of aryl methyl sites for hydroxylation is 2. The number of anilines is 1. The van der Waals surface area contributed by atoms with E-state index in [1.807, 2.05) is 43.5 Å². The van der Waals surface area contributed by atoms with E-state index in [1.165, 1.54) is 11.3 Å². The van der Waals surface area contributed by atoms with Gasteiger partial charge in [-0.05, 0) is 44.9 Å². The van der Waals surface area contributed by atoms with Crippen molar-refractivity contribution in [1.82, 2.24) is 20.1 Å². The summed E-state index contributed by atoms with van der Waals surface area (Å²) in [5.41, 5.74) is 1.72. The Morgan fingerprint density at radius 2 is 1.91 bits per heavy atom. The van der Waals surface area contributed by atoms with E-state index in [4.69, 9.17) is 0 Å². The number of hydrogen-bond donors (Lipinski definition) is 2. The standard InChI is InChI=1S/C23H29N5O3S/c1-16-12-14-28(27-16)15-13-21(30)24-19(10-5-3-4-8-17(2)29)22(31)26-23-25-18-9-6-7-11-20(18)32-23/h6-7,9,11-12,14,19H,3-5,8,10,13,15H2,1-2H3,(H,24,30)(H,25,26,31)/t19-/m0/s1. The van der Waals surface area contributed by atoms with Crippen LogP contribution in [0.1, 0.15) is 51.1 Å². The second kappa shape index (κ2) is 11.5. The van der Waals surface area contributed by atoms with Crippen molar-refractivity contribution in [2.24, 2.45) is 0 Å². The van der Waals surface area contributed by atoms with Crippen LogP contribution in [0.4, 0.5) is 5.13 Å². The highest BCUT2D eigenvalue weighted by atomic mass is 32.1. The third-order valence-corrected chi connectivity index (χ3v) is 5.99. The lowest BCUT2D eigenvalue weighted by atomic mass is 10.1. The highest BCUT2D eigenvalue weighted by Crippen LogP contribution is 2.25. The average Bonchev–Trinajstić information content (AvgIpc) is 3.35. The zero-order valence-corrected chi connectivity index (χ0v) is 19.3. The minimum absolute atomic E-state index is 0.164. The van der Waals surface area contributed by atoms with Gasteiger partial charge in [-0.25, -0.2) is 4.98 Å². The van der Waals surface area contributed by atoms with Crippen molar-refractivity contribution >= 4 is 44.3 Å². The molecule has 1 aromatic carbocycles. The van der Waals surface area contributed by atoms with Gasteiger partial charge < -0.3 is 15.4 Å². The van der Waals surface area contributed by atoms with Crippen molar-refractivity contribution < 1.29 is 14.4 Å². The van der Waals surface area contributed by atoms with Gasteiger partial charge in [0.05, 0.1) is 15.9 Å². The molecule has 2 heterocycles. The predicted molar refractivity (Wildman–Crippen MR) is 126 cm³/mol. The van der Waals surface area contributed by atoms with E-state index in [0.717, 1.165) is 35.2 Å². The number of thiazole rings is 1. The van der Waals surface area contributed by atoms with Crippen LogP contribution in [-0.2, 0) is 20.9 Å². The molecule has 2 aromatic heterocycles. The number of amides is 2. The van der Waals surface area contributed by atoms with Crippen LogP contribution in [0.15, 0.2) is 36.5 Å². The number of nitrogens with one attached hydrogen (secondary N) is 2. The Labute approximate surface area is 191 Å². The zero-order valence-electron chi connectivity index (χ0n) is 18.5. The molecule has 2 N–H and O–H groups in total. The molecule has 32 heavy (non-hydrogen) atoms. The lowest BCUT2D eigenvalue weighted by Gasteiger charge is -2.18. The summed E-state index contributed by atoms with van der Waals surface area (Å²) >= 11 is 1.40. The smallest absolute Gasteiger partial charge is 0.248 e. The second-order valence-electron chi connectivity index (χ2n) is 7.87. The first-order valence-electron chi connectivity index (χ1n) is 10.9. The summed E-state index contributed by atoms with van der Waals surface area (Å²) in [5, 5.41) is 10.5. The molecule has 2 amide bonds. The summed E-state index contributed by atoms with van der Waals surface area (Å²) in [6.45, 7) is 3.92. The van der Waals surface area contributed by atoms with Gasteiger partial charge in [-0.15, -0.1) is 0 Å². The quantitative estimate of drug-likeness (QED) is 0.404. The SMILES string of the molecule is CC(=O)CCCCC[C@H](NC(=O)CCn1ccc(C)n1)C(=O)Nc1nc2ccccc2s1. The summed E-state index contributed by atoms with van der Waals surface area (Å²) in [6, 6.07) is 8.90. The Hall–Kier alpha value is -3.07. The van der Waals surface area contributed by atoms with Crippen LogP contribution >= 0.6 is 11.3 Å². The Morgan fingerprint density at radius 1 is 1.09 bits per heavy atom. The second-order valence-corrected chi connectivity index (χ2v) is 8.90. The number of rotatable bonds is 12. The van der Waals surface area contributed by atoms with Crippen LogP contribution in [0.3, 0.4) is 0 Å². The number of fused-ring (bicyclic) bond motifs is 1. The molecule has 0 aliphatic heterocycles. The minimum atomic E-state index is -0.661. The summed E-state index contributed by atoms with van der Waals surface area (Å²) in [4.78, 5) is 41.0. The van der Waals surface area contributed by atoms with Crippen molar-refractivity contribution in [2.45, 2.75) is 65.0 Å². The Balaban J connectivity index is 1.58. The molecule has 0 radical (unpaired) electrons. The summed E-state index contributed by atoms with van der Waals surface area (Å²) in [6.07, 6.45) is 5.45. The van der Waals surface area contributed by atoms with Crippen molar-refractivity contribution in [3.8, 4) is 0 Å². The number of carbonyl (C=O) groups excluding carboxylic acids is 3. The van der Waals surface area contributed by atoms with E-state index >= 15 is 0 Å². The molecule has 8 nitrogen and oxygen atoms in total. The van der Waals surface area contributed by atoms with Gasteiger partial charge in [0.25, 0.3) is 0 Å². The highest BCUT2D eigenvalue weighted by Gasteiger charge is 2.22. The Kier molecular flexibility index (Phi) is 8.49.